The van der Waals surface area contributed by atoms with Crippen molar-refractivity contribution in [1.82, 2.24) is 16.2 Å². The molecule has 0 heterocycles. The minimum atomic E-state index is -3.74. The van der Waals surface area contributed by atoms with Gasteiger partial charge in [-0.25, -0.2) is 8.42 Å². The quantitative estimate of drug-likeness (QED) is 0.448. The SMILES string of the molecule is Cc1ccc(NS(=O)(=O)c2ccc(C(=O)NNC(=S)NC(C)(C)C)cc2)cc1. The highest BCUT2D eigenvalue weighted by Crippen LogP contribution is 2.17. The molecular formula is C19H24N4O3S2. The molecule has 0 saturated heterocycles. The molecule has 2 aromatic rings. The molecule has 0 saturated carbocycles. The van der Waals surface area contributed by atoms with E-state index in [1.807, 2.05) is 39.8 Å². The molecule has 0 fully saturated rings. The van der Waals surface area contributed by atoms with Gasteiger partial charge in [0.1, 0.15) is 0 Å². The lowest BCUT2D eigenvalue weighted by Crippen LogP contribution is -2.52. The number of rotatable bonds is 4. The summed E-state index contributed by atoms with van der Waals surface area (Å²) in [6.07, 6.45) is 0. The van der Waals surface area contributed by atoms with E-state index in [2.05, 4.69) is 20.9 Å². The van der Waals surface area contributed by atoms with Crippen LogP contribution in [0.4, 0.5) is 5.69 Å². The third kappa shape index (κ3) is 6.50. The lowest BCUT2D eigenvalue weighted by atomic mass is 10.1. The molecule has 0 aliphatic carbocycles. The zero-order valence-corrected chi connectivity index (χ0v) is 17.8. The van der Waals surface area contributed by atoms with Crippen molar-refractivity contribution in [3.63, 3.8) is 0 Å². The van der Waals surface area contributed by atoms with Gasteiger partial charge in [0, 0.05) is 16.8 Å². The minimum Gasteiger partial charge on any atom is -0.357 e. The van der Waals surface area contributed by atoms with Crippen LogP contribution in [-0.4, -0.2) is 25.0 Å². The van der Waals surface area contributed by atoms with E-state index in [4.69, 9.17) is 12.2 Å². The van der Waals surface area contributed by atoms with Crippen molar-refractivity contribution in [2.24, 2.45) is 0 Å². The summed E-state index contributed by atoms with van der Waals surface area (Å²) in [6.45, 7) is 7.73. The maximum absolute atomic E-state index is 12.5. The summed E-state index contributed by atoms with van der Waals surface area (Å²) >= 11 is 5.09. The van der Waals surface area contributed by atoms with Crippen LogP contribution in [0.5, 0.6) is 0 Å². The van der Waals surface area contributed by atoms with Crippen LogP contribution < -0.4 is 20.9 Å². The maximum Gasteiger partial charge on any atom is 0.269 e. The van der Waals surface area contributed by atoms with Crippen molar-refractivity contribution in [3.05, 3.63) is 59.7 Å². The van der Waals surface area contributed by atoms with Gasteiger partial charge in [-0.05, 0) is 76.3 Å². The number of amides is 1. The van der Waals surface area contributed by atoms with E-state index in [0.29, 0.717) is 11.3 Å². The molecule has 0 atom stereocenters. The van der Waals surface area contributed by atoms with Crippen molar-refractivity contribution in [2.75, 3.05) is 4.72 Å². The van der Waals surface area contributed by atoms with Gasteiger partial charge in [-0.15, -0.1) is 0 Å². The Morgan fingerprint density at radius 1 is 0.929 bits per heavy atom. The van der Waals surface area contributed by atoms with Gasteiger partial charge in [-0.2, -0.15) is 0 Å². The van der Waals surface area contributed by atoms with Crippen molar-refractivity contribution >= 4 is 38.9 Å². The highest BCUT2D eigenvalue weighted by molar-refractivity contribution is 7.92. The Morgan fingerprint density at radius 3 is 2.04 bits per heavy atom. The van der Waals surface area contributed by atoms with E-state index in [0.717, 1.165) is 5.56 Å². The summed E-state index contributed by atoms with van der Waals surface area (Å²) in [7, 11) is -3.74. The van der Waals surface area contributed by atoms with Gasteiger partial charge in [0.25, 0.3) is 15.9 Å². The average Bonchev–Trinajstić information content (AvgIpc) is 2.60. The molecule has 28 heavy (non-hydrogen) atoms. The fourth-order valence-electron chi connectivity index (χ4n) is 2.18. The van der Waals surface area contributed by atoms with Gasteiger partial charge < -0.3 is 5.32 Å². The topological polar surface area (TPSA) is 99.3 Å². The van der Waals surface area contributed by atoms with E-state index in [-0.39, 0.29) is 15.5 Å². The Kier molecular flexibility index (Phi) is 6.63. The molecule has 0 radical (unpaired) electrons. The molecule has 1 amide bonds. The lowest BCUT2D eigenvalue weighted by molar-refractivity contribution is 0.0943. The second-order valence-electron chi connectivity index (χ2n) is 7.28. The third-order valence-corrected chi connectivity index (χ3v) is 5.11. The summed E-state index contributed by atoms with van der Waals surface area (Å²) in [4.78, 5) is 12.2. The monoisotopic (exact) mass is 420 g/mol. The summed E-state index contributed by atoms with van der Waals surface area (Å²) in [5, 5.41) is 3.28. The van der Waals surface area contributed by atoms with E-state index in [1.54, 1.807) is 12.1 Å². The molecular weight excluding hydrogens is 396 g/mol. The number of thiocarbonyl (C=S) groups is 1. The fraction of sp³-hybridized carbons (Fsp3) is 0.263. The van der Waals surface area contributed by atoms with E-state index < -0.39 is 15.9 Å². The smallest absolute Gasteiger partial charge is 0.269 e. The molecule has 9 heteroatoms. The van der Waals surface area contributed by atoms with Gasteiger partial charge in [0.15, 0.2) is 5.11 Å². The lowest BCUT2D eigenvalue weighted by Gasteiger charge is -2.23. The average molecular weight is 421 g/mol. The summed E-state index contributed by atoms with van der Waals surface area (Å²) < 4.78 is 27.4. The summed E-state index contributed by atoms with van der Waals surface area (Å²) in [6, 6.07) is 12.6. The fourth-order valence-corrected chi connectivity index (χ4v) is 3.59. The number of hydrogen-bond donors (Lipinski definition) is 4. The van der Waals surface area contributed by atoms with Crippen LogP contribution in [0.1, 0.15) is 36.7 Å². The standard InChI is InChI=1S/C19H24N4O3S2/c1-13-5-9-15(10-6-13)23-28(25,26)16-11-7-14(8-12-16)17(24)21-22-18(27)20-19(2,3)4/h5-12,23H,1-4H3,(H,21,24)(H2,20,22,27). The van der Waals surface area contributed by atoms with Crippen molar-refractivity contribution in [2.45, 2.75) is 38.1 Å². The van der Waals surface area contributed by atoms with E-state index in [1.165, 1.54) is 24.3 Å². The molecule has 0 aliphatic rings. The number of hydrazine groups is 1. The summed E-state index contributed by atoms with van der Waals surface area (Å²) in [5.74, 6) is -0.437. The van der Waals surface area contributed by atoms with Crippen LogP contribution in [-0.2, 0) is 10.0 Å². The molecule has 2 aromatic carbocycles. The van der Waals surface area contributed by atoms with E-state index in [9.17, 15) is 13.2 Å². The Balaban J connectivity index is 2.00. The molecule has 4 N–H and O–H groups in total. The number of benzene rings is 2. The molecule has 2 rings (SSSR count). The normalized spacial score (nSPS) is 11.4. The molecule has 7 nitrogen and oxygen atoms in total. The van der Waals surface area contributed by atoms with Crippen LogP contribution in [0.3, 0.4) is 0 Å². The molecule has 0 spiro atoms. The first-order valence-corrected chi connectivity index (χ1v) is 10.4. The number of carbonyl (C=O) groups is 1. The number of hydrogen-bond acceptors (Lipinski definition) is 4. The highest BCUT2D eigenvalue weighted by atomic mass is 32.2. The maximum atomic E-state index is 12.5. The largest absolute Gasteiger partial charge is 0.357 e. The highest BCUT2D eigenvalue weighted by Gasteiger charge is 2.16. The second-order valence-corrected chi connectivity index (χ2v) is 9.37. The van der Waals surface area contributed by atoms with Crippen LogP contribution in [0, 0.1) is 6.92 Å². The predicted molar refractivity (Wildman–Crippen MR) is 115 cm³/mol. The number of anilines is 1. The minimum absolute atomic E-state index is 0.0579. The van der Waals surface area contributed by atoms with Gasteiger partial charge in [0.2, 0.25) is 0 Å². The molecule has 150 valence electrons. The number of aryl methyl sites for hydroxylation is 1. The van der Waals surface area contributed by atoms with Crippen molar-refractivity contribution in [3.8, 4) is 0 Å². The first-order valence-electron chi connectivity index (χ1n) is 8.54. The van der Waals surface area contributed by atoms with Gasteiger partial charge >= 0.3 is 0 Å². The van der Waals surface area contributed by atoms with Crippen molar-refractivity contribution in [1.29, 1.82) is 0 Å². The zero-order valence-electron chi connectivity index (χ0n) is 16.2. The third-order valence-electron chi connectivity index (χ3n) is 3.51. The number of carbonyl (C=O) groups excluding carboxylic acids is 1. The Morgan fingerprint density at radius 2 is 1.50 bits per heavy atom. The van der Waals surface area contributed by atoms with Gasteiger partial charge in [-0.3, -0.25) is 20.4 Å². The first-order chi connectivity index (χ1) is 13.0. The van der Waals surface area contributed by atoms with E-state index >= 15 is 0 Å². The zero-order chi connectivity index (χ0) is 20.9. The van der Waals surface area contributed by atoms with Gasteiger partial charge in [0.05, 0.1) is 4.90 Å². The molecule has 0 unspecified atom stereocenters. The summed E-state index contributed by atoms with van der Waals surface area (Å²) in [5.41, 5.74) is 6.63. The van der Waals surface area contributed by atoms with Crippen LogP contribution >= 0.6 is 12.2 Å². The van der Waals surface area contributed by atoms with Crippen molar-refractivity contribution < 1.29 is 13.2 Å². The first kappa shape index (κ1) is 21.6. The van der Waals surface area contributed by atoms with Crippen LogP contribution in [0.15, 0.2) is 53.4 Å². The number of sulfonamides is 1. The molecule has 0 aliphatic heterocycles. The predicted octanol–water partition coefficient (Wildman–Crippen LogP) is 2.70. The van der Waals surface area contributed by atoms with Crippen LogP contribution in [0.25, 0.3) is 0 Å². The molecule has 0 bridgehead atoms. The number of nitrogens with one attached hydrogen (secondary N) is 4. The Hall–Kier alpha value is -2.65. The van der Waals surface area contributed by atoms with Crippen LogP contribution in [0.2, 0.25) is 0 Å². The second kappa shape index (κ2) is 8.57. The Labute approximate surface area is 170 Å². The van der Waals surface area contributed by atoms with Gasteiger partial charge in [-0.1, -0.05) is 17.7 Å². The Bertz CT molecular complexity index is 948. The molecule has 0 aromatic heterocycles.